The predicted molar refractivity (Wildman–Crippen MR) is 101 cm³/mol. The third-order valence-electron chi connectivity index (χ3n) is 4.17. The fourth-order valence-corrected chi connectivity index (χ4v) is 2.75. The molecular formula is C21H17FN4O2. The third kappa shape index (κ3) is 3.68. The van der Waals surface area contributed by atoms with Gasteiger partial charge in [-0.05, 0) is 48.9 Å². The van der Waals surface area contributed by atoms with Gasteiger partial charge in [0.15, 0.2) is 11.6 Å². The Kier molecular flexibility index (Phi) is 4.72. The summed E-state index contributed by atoms with van der Waals surface area (Å²) in [6.07, 6.45) is 1.53. The van der Waals surface area contributed by atoms with Crippen molar-refractivity contribution in [2.75, 3.05) is 0 Å². The van der Waals surface area contributed by atoms with E-state index in [0.29, 0.717) is 17.1 Å². The first kappa shape index (κ1) is 17.7. The van der Waals surface area contributed by atoms with Crippen LogP contribution in [0.1, 0.15) is 21.7 Å². The summed E-state index contributed by atoms with van der Waals surface area (Å²) in [4.78, 5) is 16.9. The number of amides is 1. The molecule has 0 atom stereocenters. The van der Waals surface area contributed by atoms with E-state index in [0.717, 1.165) is 11.3 Å². The highest BCUT2D eigenvalue weighted by Gasteiger charge is 2.20. The number of furan rings is 1. The van der Waals surface area contributed by atoms with E-state index in [4.69, 9.17) is 4.42 Å². The summed E-state index contributed by atoms with van der Waals surface area (Å²) >= 11 is 0. The molecule has 0 bridgehead atoms. The zero-order valence-electron chi connectivity index (χ0n) is 15.1. The lowest BCUT2D eigenvalue weighted by molar-refractivity contribution is 0.0940. The molecule has 4 rings (SSSR count). The molecule has 0 aliphatic heterocycles. The normalized spacial score (nSPS) is 10.8. The average Bonchev–Trinajstić information content (AvgIpc) is 3.36. The van der Waals surface area contributed by atoms with Crippen molar-refractivity contribution >= 4 is 5.91 Å². The Labute approximate surface area is 160 Å². The number of halogens is 1. The molecule has 0 fully saturated rings. The van der Waals surface area contributed by atoms with E-state index >= 15 is 0 Å². The molecule has 0 unspecified atom stereocenters. The summed E-state index contributed by atoms with van der Waals surface area (Å²) < 4.78 is 20.3. The van der Waals surface area contributed by atoms with Crippen LogP contribution < -0.4 is 5.32 Å². The molecule has 1 N–H and O–H groups in total. The van der Waals surface area contributed by atoms with E-state index in [1.54, 1.807) is 28.9 Å². The van der Waals surface area contributed by atoms with Crippen molar-refractivity contribution in [3.63, 3.8) is 0 Å². The zero-order valence-corrected chi connectivity index (χ0v) is 15.1. The number of rotatable bonds is 5. The molecule has 0 saturated carbocycles. The number of carbonyl (C=O) groups excluding carboxylic acids is 1. The lowest BCUT2D eigenvalue weighted by atomic mass is 10.2. The molecule has 2 aromatic heterocycles. The smallest absolute Gasteiger partial charge is 0.291 e. The van der Waals surface area contributed by atoms with Crippen LogP contribution in [0.15, 0.2) is 71.3 Å². The van der Waals surface area contributed by atoms with Crippen LogP contribution in [-0.4, -0.2) is 20.7 Å². The SMILES string of the molecule is Cc1ccc(-n2nc(C(=O)NCc3cccc(F)c3)nc2-c2ccco2)cc1. The van der Waals surface area contributed by atoms with Crippen molar-refractivity contribution in [3.05, 3.63) is 89.7 Å². The fraction of sp³-hybridized carbons (Fsp3) is 0.0952. The van der Waals surface area contributed by atoms with Gasteiger partial charge in [-0.25, -0.2) is 9.07 Å². The highest BCUT2D eigenvalue weighted by atomic mass is 19.1. The first-order valence-corrected chi connectivity index (χ1v) is 8.71. The standard InChI is InChI=1S/C21H17FN4O2/c1-14-7-9-17(10-8-14)26-20(18-6-3-11-28-18)24-19(25-26)21(27)23-13-15-4-2-5-16(22)12-15/h2-12H,13H2,1H3,(H,23,27). The summed E-state index contributed by atoms with van der Waals surface area (Å²) in [6, 6.07) is 17.2. The third-order valence-corrected chi connectivity index (χ3v) is 4.17. The summed E-state index contributed by atoms with van der Waals surface area (Å²) in [5.74, 6) is 0.113. The van der Waals surface area contributed by atoms with Crippen molar-refractivity contribution in [2.45, 2.75) is 13.5 Å². The lowest BCUT2D eigenvalue weighted by Crippen LogP contribution is -2.24. The molecule has 0 aliphatic carbocycles. The molecule has 0 radical (unpaired) electrons. The number of aryl methyl sites for hydroxylation is 1. The Morgan fingerprint density at radius 1 is 1.14 bits per heavy atom. The lowest BCUT2D eigenvalue weighted by Gasteiger charge is -2.04. The van der Waals surface area contributed by atoms with Gasteiger partial charge >= 0.3 is 0 Å². The molecule has 4 aromatic rings. The Bertz CT molecular complexity index is 1100. The van der Waals surface area contributed by atoms with Gasteiger partial charge < -0.3 is 9.73 Å². The Hall–Kier alpha value is -3.74. The fourth-order valence-electron chi connectivity index (χ4n) is 2.75. The largest absolute Gasteiger partial charge is 0.461 e. The van der Waals surface area contributed by atoms with Crippen LogP contribution in [-0.2, 0) is 6.54 Å². The average molecular weight is 376 g/mol. The van der Waals surface area contributed by atoms with Gasteiger partial charge in [0.25, 0.3) is 5.91 Å². The van der Waals surface area contributed by atoms with Crippen molar-refractivity contribution in [2.24, 2.45) is 0 Å². The van der Waals surface area contributed by atoms with Crippen LogP contribution in [0.25, 0.3) is 17.3 Å². The molecule has 28 heavy (non-hydrogen) atoms. The summed E-state index contributed by atoms with van der Waals surface area (Å²) in [5, 5.41) is 7.07. The summed E-state index contributed by atoms with van der Waals surface area (Å²) in [6.45, 7) is 2.16. The number of aromatic nitrogens is 3. The van der Waals surface area contributed by atoms with Gasteiger partial charge in [0, 0.05) is 6.54 Å². The van der Waals surface area contributed by atoms with Gasteiger partial charge in [-0.2, -0.15) is 4.98 Å². The molecule has 2 heterocycles. The van der Waals surface area contributed by atoms with E-state index < -0.39 is 5.91 Å². The molecule has 0 aliphatic rings. The van der Waals surface area contributed by atoms with Gasteiger partial charge in [0.2, 0.25) is 5.82 Å². The molecule has 1 amide bonds. The van der Waals surface area contributed by atoms with Crippen LogP contribution >= 0.6 is 0 Å². The van der Waals surface area contributed by atoms with E-state index in [-0.39, 0.29) is 18.2 Å². The highest BCUT2D eigenvalue weighted by Crippen LogP contribution is 2.22. The molecule has 7 heteroatoms. The number of nitrogens with one attached hydrogen (secondary N) is 1. The first-order valence-electron chi connectivity index (χ1n) is 8.71. The first-order chi connectivity index (χ1) is 13.6. The van der Waals surface area contributed by atoms with E-state index in [9.17, 15) is 9.18 Å². The maximum atomic E-state index is 13.3. The molecule has 2 aromatic carbocycles. The quantitative estimate of drug-likeness (QED) is 0.573. The Morgan fingerprint density at radius 2 is 1.96 bits per heavy atom. The van der Waals surface area contributed by atoms with Crippen LogP contribution in [0.4, 0.5) is 4.39 Å². The predicted octanol–water partition coefficient (Wildman–Crippen LogP) is 3.90. The van der Waals surface area contributed by atoms with Gasteiger partial charge in [-0.3, -0.25) is 4.79 Å². The van der Waals surface area contributed by atoms with Crippen molar-refractivity contribution in [3.8, 4) is 17.3 Å². The van der Waals surface area contributed by atoms with Gasteiger partial charge in [0.1, 0.15) is 5.82 Å². The zero-order chi connectivity index (χ0) is 19.5. The second-order valence-corrected chi connectivity index (χ2v) is 6.30. The number of carbonyl (C=O) groups is 1. The van der Waals surface area contributed by atoms with Crippen molar-refractivity contribution in [1.29, 1.82) is 0 Å². The topological polar surface area (TPSA) is 73.0 Å². The molecule has 0 spiro atoms. The second kappa shape index (κ2) is 7.48. The Morgan fingerprint density at radius 3 is 2.68 bits per heavy atom. The number of hydrogen-bond acceptors (Lipinski definition) is 4. The minimum atomic E-state index is -0.456. The number of benzene rings is 2. The van der Waals surface area contributed by atoms with Crippen LogP contribution in [0.5, 0.6) is 0 Å². The van der Waals surface area contributed by atoms with E-state index in [2.05, 4.69) is 15.4 Å². The molecule has 0 saturated heterocycles. The van der Waals surface area contributed by atoms with Gasteiger partial charge in [-0.1, -0.05) is 29.8 Å². The molecule has 140 valence electrons. The number of hydrogen-bond donors (Lipinski definition) is 1. The van der Waals surface area contributed by atoms with E-state index in [1.165, 1.54) is 18.4 Å². The minimum absolute atomic E-state index is 0.00313. The summed E-state index contributed by atoms with van der Waals surface area (Å²) in [5.41, 5.74) is 2.52. The minimum Gasteiger partial charge on any atom is -0.461 e. The van der Waals surface area contributed by atoms with Gasteiger partial charge in [0.05, 0.1) is 12.0 Å². The maximum Gasteiger partial charge on any atom is 0.291 e. The summed E-state index contributed by atoms with van der Waals surface area (Å²) in [7, 11) is 0. The van der Waals surface area contributed by atoms with E-state index in [1.807, 2.05) is 31.2 Å². The maximum absolute atomic E-state index is 13.3. The highest BCUT2D eigenvalue weighted by molar-refractivity contribution is 5.90. The molecule has 6 nitrogen and oxygen atoms in total. The monoisotopic (exact) mass is 376 g/mol. The second-order valence-electron chi connectivity index (χ2n) is 6.30. The van der Waals surface area contributed by atoms with Crippen LogP contribution in [0, 0.1) is 12.7 Å². The van der Waals surface area contributed by atoms with Crippen LogP contribution in [0.2, 0.25) is 0 Å². The van der Waals surface area contributed by atoms with Crippen molar-refractivity contribution < 1.29 is 13.6 Å². The van der Waals surface area contributed by atoms with Crippen LogP contribution in [0.3, 0.4) is 0 Å². The molecular weight excluding hydrogens is 359 g/mol. The van der Waals surface area contributed by atoms with Crippen molar-refractivity contribution in [1.82, 2.24) is 20.1 Å². The Balaban J connectivity index is 1.63. The van der Waals surface area contributed by atoms with Gasteiger partial charge in [-0.15, -0.1) is 5.10 Å². The number of nitrogens with zero attached hydrogens (tertiary/aromatic N) is 3.